The zero-order valence-electron chi connectivity index (χ0n) is 8.61. The molecule has 1 amide bonds. The molecule has 8 nitrogen and oxygen atoms in total. The van der Waals surface area contributed by atoms with Crippen LogP contribution in [-0.4, -0.2) is 70.1 Å². The van der Waals surface area contributed by atoms with Crippen molar-refractivity contribution in [2.24, 2.45) is 0 Å². The van der Waals surface area contributed by atoms with E-state index in [9.17, 15) is 20.1 Å². The Bertz CT molecular complexity index is 249. The maximum atomic E-state index is 11.0. The van der Waals surface area contributed by atoms with Crippen LogP contribution in [0.25, 0.3) is 0 Å². The topological polar surface area (TPSA) is 147 Å². The fourth-order valence-electron chi connectivity index (χ4n) is 1.45. The second-order valence-electron chi connectivity index (χ2n) is 3.57. The molecular formula is C8H17N2O6+. The van der Waals surface area contributed by atoms with E-state index in [1.165, 1.54) is 0 Å². The number of ether oxygens (including phenoxy) is 1. The third-order valence-corrected chi connectivity index (χ3v) is 2.42. The molecule has 8 heteroatoms. The fourth-order valence-corrected chi connectivity index (χ4v) is 1.45. The van der Waals surface area contributed by atoms with Gasteiger partial charge in [-0.25, -0.2) is 0 Å². The van der Waals surface area contributed by atoms with E-state index in [2.05, 4.69) is 11.1 Å². The van der Waals surface area contributed by atoms with Gasteiger partial charge >= 0.3 is 0 Å². The third kappa shape index (κ3) is 2.67. The van der Waals surface area contributed by atoms with Crippen LogP contribution in [0.3, 0.4) is 0 Å². The molecular weight excluding hydrogens is 220 g/mol. The van der Waals surface area contributed by atoms with Crippen LogP contribution in [0.2, 0.25) is 0 Å². The minimum Gasteiger partial charge on any atom is -0.394 e. The molecule has 1 fully saturated rings. The Morgan fingerprint density at radius 3 is 2.38 bits per heavy atom. The first-order valence-electron chi connectivity index (χ1n) is 4.90. The van der Waals surface area contributed by atoms with Crippen LogP contribution in [0.5, 0.6) is 0 Å². The summed E-state index contributed by atoms with van der Waals surface area (Å²) in [4.78, 5) is 11.0. The van der Waals surface area contributed by atoms with Crippen molar-refractivity contribution in [3.8, 4) is 0 Å². The standard InChI is InChI=1S/C8H16N2O6/c9-1-4(12)10-8-7(15)6(14)5(13)3(2-11)16-8/h3,5-8,11,13-15H,1-2,9H2,(H,10,12)/p+1/t3?,5?,6?,7?,8-/m1/s1. The molecule has 5 atom stereocenters. The van der Waals surface area contributed by atoms with Gasteiger partial charge in [0.25, 0.3) is 5.91 Å². The number of amides is 1. The number of quaternary nitrogens is 1. The molecule has 0 aliphatic carbocycles. The van der Waals surface area contributed by atoms with Crippen LogP contribution < -0.4 is 11.1 Å². The molecule has 0 bridgehead atoms. The summed E-state index contributed by atoms with van der Waals surface area (Å²) in [6.07, 6.45) is -6.54. The van der Waals surface area contributed by atoms with Crippen molar-refractivity contribution in [3.63, 3.8) is 0 Å². The first kappa shape index (κ1) is 13.3. The monoisotopic (exact) mass is 237 g/mol. The normalized spacial score (nSPS) is 39.4. The van der Waals surface area contributed by atoms with E-state index in [0.717, 1.165) is 0 Å². The highest BCUT2D eigenvalue weighted by Gasteiger charge is 2.43. The lowest BCUT2D eigenvalue weighted by Gasteiger charge is -2.39. The highest BCUT2D eigenvalue weighted by Crippen LogP contribution is 2.19. The van der Waals surface area contributed by atoms with E-state index < -0.39 is 43.2 Å². The summed E-state index contributed by atoms with van der Waals surface area (Å²) in [6, 6.07) is 0. The predicted molar refractivity (Wildman–Crippen MR) is 49.7 cm³/mol. The molecule has 0 aromatic carbocycles. The van der Waals surface area contributed by atoms with Gasteiger partial charge in [0.05, 0.1) is 6.61 Å². The first-order chi connectivity index (χ1) is 7.51. The maximum Gasteiger partial charge on any atom is 0.277 e. The summed E-state index contributed by atoms with van der Waals surface area (Å²) in [7, 11) is 0. The van der Waals surface area contributed by atoms with Gasteiger partial charge in [-0.1, -0.05) is 0 Å². The van der Waals surface area contributed by atoms with Gasteiger partial charge in [-0.3, -0.25) is 4.79 Å². The van der Waals surface area contributed by atoms with Crippen molar-refractivity contribution in [3.05, 3.63) is 0 Å². The van der Waals surface area contributed by atoms with Gasteiger partial charge in [-0.15, -0.1) is 0 Å². The smallest absolute Gasteiger partial charge is 0.277 e. The molecule has 0 radical (unpaired) electrons. The van der Waals surface area contributed by atoms with Gasteiger partial charge < -0.3 is 36.2 Å². The minimum absolute atomic E-state index is 0.0466. The van der Waals surface area contributed by atoms with Crippen LogP contribution in [0.4, 0.5) is 0 Å². The summed E-state index contributed by atoms with van der Waals surface area (Å²) in [5.74, 6) is -0.468. The molecule has 1 heterocycles. The molecule has 16 heavy (non-hydrogen) atoms. The Morgan fingerprint density at radius 1 is 1.25 bits per heavy atom. The number of hydrogen-bond acceptors (Lipinski definition) is 6. The van der Waals surface area contributed by atoms with Crippen molar-refractivity contribution in [2.45, 2.75) is 30.6 Å². The predicted octanol–water partition coefficient (Wildman–Crippen LogP) is -4.86. The Hall–Kier alpha value is -0.770. The molecule has 1 saturated heterocycles. The van der Waals surface area contributed by atoms with E-state index in [4.69, 9.17) is 9.84 Å². The van der Waals surface area contributed by atoms with Crippen molar-refractivity contribution < 1.29 is 35.7 Å². The van der Waals surface area contributed by atoms with Crippen molar-refractivity contribution in [1.82, 2.24) is 5.32 Å². The summed E-state index contributed by atoms with van der Waals surface area (Å²) >= 11 is 0. The molecule has 0 aromatic heterocycles. The molecule has 1 rings (SSSR count). The molecule has 1 aliphatic heterocycles. The molecule has 8 N–H and O–H groups in total. The molecule has 4 unspecified atom stereocenters. The highest BCUT2D eigenvalue weighted by molar-refractivity contribution is 5.76. The molecule has 0 saturated carbocycles. The third-order valence-electron chi connectivity index (χ3n) is 2.42. The van der Waals surface area contributed by atoms with Crippen molar-refractivity contribution in [1.29, 1.82) is 0 Å². The lowest BCUT2D eigenvalue weighted by Crippen LogP contribution is -2.66. The second kappa shape index (κ2) is 5.53. The number of carbonyl (C=O) groups excluding carboxylic acids is 1. The number of aliphatic hydroxyl groups excluding tert-OH is 4. The highest BCUT2D eigenvalue weighted by atomic mass is 16.6. The number of carbonyl (C=O) groups is 1. The summed E-state index contributed by atoms with van der Waals surface area (Å²) in [5.41, 5.74) is 3.34. The fraction of sp³-hybridized carbons (Fsp3) is 0.875. The quantitative estimate of drug-likeness (QED) is 0.290. The van der Waals surface area contributed by atoms with Crippen molar-refractivity contribution in [2.75, 3.05) is 13.2 Å². The molecule has 0 aromatic rings. The molecule has 94 valence electrons. The van der Waals surface area contributed by atoms with Gasteiger partial charge in [0, 0.05) is 0 Å². The van der Waals surface area contributed by atoms with Crippen LogP contribution >= 0.6 is 0 Å². The number of nitrogens with one attached hydrogen (secondary N) is 1. The van der Waals surface area contributed by atoms with Crippen LogP contribution in [0.15, 0.2) is 0 Å². The Kier molecular flexibility index (Phi) is 4.59. The van der Waals surface area contributed by atoms with Gasteiger partial charge in [0.15, 0.2) is 12.8 Å². The van der Waals surface area contributed by atoms with Crippen LogP contribution in [0, 0.1) is 0 Å². The lowest BCUT2D eigenvalue weighted by atomic mass is 9.98. The van der Waals surface area contributed by atoms with Gasteiger partial charge in [0.2, 0.25) is 0 Å². The van der Waals surface area contributed by atoms with E-state index >= 15 is 0 Å². The van der Waals surface area contributed by atoms with Gasteiger partial charge in [-0.05, 0) is 0 Å². The largest absolute Gasteiger partial charge is 0.394 e. The summed E-state index contributed by atoms with van der Waals surface area (Å²) in [5, 5.41) is 39.5. The molecule has 0 spiro atoms. The Morgan fingerprint density at radius 2 is 1.88 bits per heavy atom. The van der Waals surface area contributed by atoms with E-state index in [0.29, 0.717) is 0 Å². The summed E-state index contributed by atoms with van der Waals surface area (Å²) < 4.78 is 5.03. The zero-order valence-corrected chi connectivity index (χ0v) is 8.61. The van der Waals surface area contributed by atoms with Crippen LogP contribution in [-0.2, 0) is 9.53 Å². The number of rotatable bonds is 3. The van der Waals surface area contributed by atoms with Crippen LogP contribution in [0.1, 0.15) is 0 Å². The Labute approximate surface area is 91.6 Å². The lowest BCUT2D eigenvalue weighted by molar-refractivity contribution is -0.356. The minimum atomic E-state index is -1.49. The molecule has 1 aliphatic rings. The van der Waals surface area contributed by atoms with E-state index in [1.54, 1.807) is 0 Å². The number of hydrogen-bond donors (Lipinski definition) is 6. The van der Waals surface area contributed by atoms with E-state index in [1.807, 2.05) is 0 Å². The van der Waals surface area contributed by atoms with Gasteiger partial charge in [-0.2, -0.15) is 0 Å². The maximum absolute atomic E-state index is 11.0. The van der Waals surface area contributed by atoms with Crippen molar-refractivity contribution >= 4 is 5.91 Å². The first-order valence-corrected chi connectivity index (χ1v) is 4.90. The SMILES string of the molecule is [NH3+]CC(=O)N[C@@H]1OC(CO)C(O)C(O)C1O. The van der Waals surface area contributed by atoms with E-state index in [-0.39, 0.29) is 6.54 Å². The zero-order chi connectivity index (χ0) is 12.3. The second-order valence-corrected chi connectivity index (χ2v) is 3.57. The number of aliphatic hydroxyl groups is 4. The average Bonchev–Trinajstić information content (AvgIpc) is 2.29. The Balaban J connectivity index is 2.67. The average molecular weight is 237 g/mol. The van der Waals surface area contributed by atoms with Gasteiger partial charge in [0.1, 0.15) is 24.4 Å². The summed E-state index contributed by atoms with van der Waals surface area (Å²) in [6.45, 7) is -0.573.